The van der Waals surface area contributed by atoms with Crippen LogP contribution in [0.2, 0.25) is 0 Å². The number of likely N-dealkylation sites (tertiary alicyclic amines) is 1. The molecule has 0 aromatic rings. The third kappa shape index (κ3) is 67.7. The van der Waals surface area contributed by atoms with Crippen LogP contribution in [0, 0.1) is 16.2 Å². The summed E-state index contributed by atoms with van der Waals surface area (Å²) in [5, 5.41) is 0. The van der Waals surface area contributed by atoms with E-state index in [1.54, 1.807) is 34.8 Å². The van der Waals surface area contributed by atoms with Gasteiger partial charge < -0.3 is 133 Å². The summed E-state index contributed by atoms with van der Waals surface area (Å²) in [6.45, 7) is 33.1. The molecule has 1 amide bonds. The zero-order valence-corrected chi connectivity index (χ0v) is 71.8. The summed E-state index contributed by atoms with van der Waals surface area (Å²) in [5.41, 5.74) is -3.69. The molecule has 1 rings (SSSR count). The van der Waals surface area contributed by atoms with Gasteiger partial charge in [0, 0.05) is 33.2 Å². The molecule has 676 valence electrons. The van der Waals surface area contributed by atoms with Crippen LogP contribution in [0.3, 0.4) is 0 Å². The van der Waals surface area contributed by atoms with E-state index >= 15 is 0 Å². The zero-order valence-electron chi connectivity index (χ0n) is 71.8. The molecule has 0 saturated carbocycles. The summed E-state index contributed by atoms with van der Waals surface area (Å²) in [7, 11) is 3.17. The summed E-state index contributed by atoms with van der Waals surface area (Å²) in [4.78, 5) is 57.3. The molecular weight excluding hydrogens is 1490 g/mol. The molecule has 3 atom stereocenters. The van der Waals surface area contributed by atoms with Gasteiger partial charge in [-0.15, -0.1) is 0 Å². The Labute approximate surface area is 684 Å². The zero-order chi connectivity index (χ0) is 82.7. The molecule has 0 spiro atoms. The molecule has 0 radical (unpaired) electrons. The van der Waals surface area contributed by atoms with E-state index in [-0.39, 0.29) is 70.9 Å². The van der Waals surface area contributed by atoms with Crippen molar-refractivity contribution in [2.45, 2.75) is 150 Å². The highest BCUT2D eigenvalue weighted by Crippen LogP contribution is 2.47. The molecule has 0 aromatic heterocycles. The number of ether oxygens (including phenoxy) is 27. The molecule has 0 N–H and O–H groups in total. The monoisotopic (exact) mass is 1650 g/mol. The van der Waals surface area contributed by atoms with Gasteiger partial charge in [-0.1, -0.05) is 71.6 Å². The highest BCUT2D eigenvalue weighted by molar-refractivity contribution is 5.83. The van der Waals surface area contributed by atoms with Gasteiger partial charge in [0.1, 0.15) is 13.2 Å². The van der Waals surface area contributed by atoms with Crippen LogP contribution in [0.1, 0.15) is 144 Å². The second-order valence-corrected chi connectivity index (χ2v) is 28.4. The maximum Gasteiger partial charge on any atom is 0.311 e. The SMILES string of the molecule is CCCCCCCCCCCCOC(=O)C(C)(CC(C)(C)C(=O)OCCOCCOCCOCCOCCOCCOCCOCCOCCOCCOCCOCCOCCOCCOCCOCCOCCOCCOCCOCCOCCOCCOCCOC)CC(C)(CC(CC)N1CCCC1=O)C(=O)OCCOC. The Morgan fingerprint density at radius 1 is 0.289 bits per heavy atom. The molecule has 0 aliphatic carbocycles. The summed E-state index contributed by atoms with van der Waals surface area (Å²) in [6, 6.07) is -0.244. The predicted octanol–water partition coefficient (Wildman–Crippen LogP) is 7.81. The Hall–Kier alpha value is -3.08. The number of hydrogen-bond acceptors (Lipinski definition) is 31. The van der Waals surface area contributed by atoms with Crippen molar-refractivity contribution < 1.29 is 147 Å². The number of rotatable bonds is 94. The molecule has 114 heavy (non-hydrogen) atoms. The van der Waals surface area contributed by atoms with E-state index in [1.807, 2.05) is 11.8 Å². The fraction of sp³-hybridized carbons (Fsp3) is 0.951. The number of unbranched alkanes of at least 4 members (excludes halogenated alkanes) is 9. The van der Waals surface area contributed by atoms with E-state index in [0.29, 0.717) is 303 Å². The van der Waals surface area contributed by atoms with Gasteiger partial charge in [-0.05, 0) is 66.2 Å². The standard InChI is InChI=1S/C82H157NO31/c1-9-11-12-13-14-15-16-17-18-19-23-112-79(87)82(6,74-81(5,78(86)114-70-25-89-8)72-75(10-2)83-22-20-21-76(83)84)73-80(3,4)77(85)113-71-69-111-68-67-110-66-65-109-64-63-108-62-61-107-60-59-106-58-57-105-56-55-104-54-53-103-52-51-102-50-49-101-48-47-100-46-45-99-44-43-98-42-41-97-40-39-96-38-37-95-36-35-94-34-33-93-32-31-92-30-29-91-28-27-90-26-24-88-7/h75H,9-74H2,1-8H3. The van der Waals surface area contributed by atoms with Gasteiger partial charge in [0.25, 0.3) is 0 Å². The largest absolute Gasteiger partial charge is 0.465 e. The second-order valence-electron chi connectivity index (χ2n) is 28.4. The maximum absolute atomic E-state index is 14.4. The Morgan fingerprint density at radius 2 is 0.518 bits per heavy atom. The lowest BCUT2D eigenvalue weighted by atomic mass is 9.64. The molecular formula is C82H157NO31. The fourth-order valence-electron chi connectivity index (χ4n) is 12.0. The third-order valence-electron chi connectivity index (χ3n) is 17.8. The molecule has 1 saturated heterocycles. The first-order chi connectivity index (χ1) is 55.8. The molecule has 0 bridgehead atoms. The van der Waals surface area contributed by atoms with Crippen LogP contribution in [-0.4, -0.2) is 379 Å². The highest BCUT2D eigenvalue weighted by atomic mass is 16.6. The van der Waals surface area contributed by atoms with E-state index in [9.17, 15) is 19.2 Å². The van der Waals surface area contributed by atoms with Gasteiger partial charge in [-0.2, -0.15) is 0 Å². The number of carbonyl (C=O) groups is 4. The Morgan fingerprint density at radius 3 is 0.781 bits per heavy atom. The normalized spacial score (nSPS) is 14.0. The molecule has 1 fully saturated rings. The van der Waals surface area contributed by atoms with E-state index in [4.69, 9.17) is 128 Å². The smallest absolute Gasteiger partial charge is 0.311 e. The molecule has 3 unspecified atom stereocenters. The van der Waals surface area contributed by atoms with Crippen LogP contribution in [-0.2, 0) is 147 Å². The number of amides is 1. The molecule has 32 nitrogen and oxygen atoms in total. The van der Waals surface area contributed by atoms with Gasteiger partial charge in [-0.25, -0.2) is 0 Å². The van der Waals surface area contributed by atoms with Crippen molar-refractivity contribution in [1.82, 2.24) is 4.90 Å². The number of hydrogen-bond donors (Lipinski definition) is 0. The van der Waals surface area contributed by atoms with Crippen molar-refractivity contribution in [3.8, 4) is 0 Å². The lowest BCUT2D eigenvalue weighted by Crippen LogP contribution is -2.48. The minimum atomic E-state index is -1.31. The summed E-state index contributed by atoms with van der Waals surface area (Å²) in [6.07, 6.45) is 13.6. The summed E-state index contributed by atoms with van der Waals surface area (Å²) in [5.74, 6) is -1.42. The van der Waals surface area contributed by atoms with Gasteiger partial charge in [0.05, 0.1) is 327 Å². The Bertz CT molecular complexity index is 2100. The maximum atomic E-state index is 14.4. The first-order valence-corrected chi connectivity index (χ1v) is 42.3. The van der Waals surface area contributed by atoms with Crippen molar-refractivity contribution in [2.24, 2.45) is 16.2 Å². The molecule has 1 heterocycles. The van der Waals surface area contributed by atoms with Crippen LogP contribution in [0.5, 0.6) is 0 Å². The van der Waals surface area contributed by atoms with Crippen LogP contribution >= 0.6 is 0 Å². The average Bonchev–Trinajstić information content (AvgIpc) is 0.954. The minimum absolute atomic E-state index is 0.00128. The quantitative estimate of drug-likeness (QED) is 0.0318. The van der Waals surface area contributed by atoms with Gasteiger partial charge in [-0.3, -0.25) is 19.2 Å². The molecule has 32 heteroatoms. The fourth-order valence-corrected chi connectivity index (χ4v) is 12.0. The van der Waals surface area contributed by atoms with Gasteiger partial charge in [0.2, 0.25) is 5.91 Å². The lowest BCUT2D eigenvalue weighted by molar-refractivity contribution is -0.171. The molecule has 1 aliphatic rings. The van der Waals surface area contributed by atoms with Crippen LogP contribution in [0.15, 0.2) is 0 Å². The van der Waals surface area contributed by atoms with Crippen LogP contribution < -0.4 is 0 Å². The minimum Gasteiger partial charge on any atom is -0.465 e. The number of carbonyl (C=O) groups excluding carboxylic acids is 4. The van der Waals surface area contributed by atoms with Crippen molar-refractivity contribution in [3.05, 3.63) is 0 Å². The number of nitrogens with zero attached hydrogens (tertiary/aromatic N) is 1. The Kier molecular flexibility index (Phi) is 78.6. The first-order valence-electron chi connectivity index (χ1n) is 42.3. The number of esters is 3. The van der Waals surface area contributed by atoms with Gasteiger partial charge >= 0.3 is 17.9 Å². The van der Waals surface area contributed by atoms with Crippen LogP contribution in [0.25, 0.3) is 0 Å². The first kappa shape index (κ1) is 109. The molecule has 0 aromatic carbocycles. The lowest BCUT2D eigenvalue weighted by Gasteiger charge is -2.42. The molecule has 1 aliphatic heterocycles. The summed E-state index contributed by atoms with van der Waals surface area (Å²) < 4.78 is 149. The van der Waals surface area contributed by atoms with Crippen molar-refractivity contribution in [3.63, 3.8) is 0 Å². The van der Waals surface area contributed by atoms with E-state index in [2.05, 4.69) is 6.92 Å². The second kappa shape index (κ2) is 82.2. The van der Waals surface area contributed by atoms with E-state index in [0.717, 1.165) is 32.1 Å². The van der Waals surface area contributed by atoms with E-state index < -0.39 is 34.2 Å². The number of methoxy groups -OCH3 is 2. The van der Waals surface area contributed by atoms with Crippen molar-refractivity contribution >= 4 is 23.8 Å². The highest BCUT2D eigenvalue weighted by Gasteiger charge is 2.52. The Balaban J connectivity index is 1.95. The average molecular weight is 1650 g/mol. The van der Waals surface area contributed by atoms with Gasteiger partial charge in [0.15, 0.2) is 0 Å². The predicted molar refractivity (Wildman–Crippen MR) is 425 cm³/mol. The summed E-state index contributed by atoms with van der Waals surface area (Å²) >= 11 is 0. The third-order valence-corrected chi connectivity index (χ3v) is 17.8. The van der Waals surface area contributed by atoms with Crippen molar-refractivity contribution in [1.29, 1.82) is 0 Å². The van der Waals surface area contributed by atoms with E-state index in [1.165, 1.54) is 45.6 Å². The van der Waals surface area contributed by atoms with Crippen LogP contribution in [0.4, 0.5) is 0 Å². The topological polar surface area (TPSA) is 321 Å². The van der Waals surface area contributed by atoms with Crippen molar-refractivity contribution in [2.75, 3.05) is 345 Å².